The molecule has 0 saturated carbocycles. The molecule has 4 heterocycles. The number of benzene rings is 1. The summed E-state index contributed by atoms with van der Waals surface area (Å²) in [6, 6.07) is 2.83. The normalized spacial score (nSPS) is 14.5. The van der Waals surface area contributed by atoms with Crippen LogP contribution in [0.5, 0.6) is 11.8 Å². The largest absolute Gasteiger partial charge is 0.422 e. The first kappa shape index (κ1) is 25.8. The minimum atomic E-state index is -0.751. The molecule has 1 unspecified atom stereocenters. The van der Waals surface area contributed by atoms with Crippen molar-refractivity contribution in [2.75, 3.05) is 37.1 Å². The highest BCUT2D eigenvalue weighted by Gasteiger charge is 2.26. The highest BCUT2D eigenvalue weighted by Crippen LogP contribution is 2.38. The average Bonchev–Trinajstić information content (AvgIpc) is 3.28. The summed E-state index contributed by atoms with van der Waals surface area (Å²) in [5.41, 5.74) is 1.77. The number of alkyl carbamates (subject to hydrolysis) is 1. The zero-order valence-corrected chi connectivity index (χ0v) is 21.6. The fourth-order valence-electron chi connectivity index (χ4n) is 4.39. The lowest BCUT2D eigenvalue weighted by molar-refractivity contribution is 0.0615. The first-order valence-electron chi connectivity index (χ1n) is 11.8. The summed E-state index contributed by atoms with van der Waals surface area (Å²) in [6.07, 6.45) is 3.69. The van der Waals surface area contributed by atoms with Crippen molar-refractivity contribution in [2.45, 2.75) is 25.8 Å². The zero-order valence-electron chi connectivity index (χ0n) is 20.6. The van der Waals surface area contributed by atoms with E-state index in [1.165, 1.54) is 24.5 Å². The van der Waals surface area contributed by atoms with Gasteiger partial charge in [0.05, 0.1) is 29.0 Å². The molecule has 1 aliphatic heterocycles. The number of anilines is 2. The van der Waals surface area contributed by atoms with Crippen LogP contribution in [0.25, 0.3) is 21.9 Å². The number of nitrogens with one attached hydrogen (secondary N) is 3. The number of piperidine rings is 1. The molecule has 13 nitrogen and oxygen atoms in total. The second kappa shape index (κ2) is 11.3. The molecule has 1 aliphatic rings. The predicted molar refractivity (Wildman–Crippen MR) is 139 cm³/mol. The molecular formula is C23H26FN8O5P. The van der Waals surface area contributed by atoms with Gasteiger partial charge in [-0.25, -0.2) is 19.2 Å². The Hall–Kier alpha value is -3.87. The van der Waals surface area contributed by atoms with Gasteiger partial charge in [0.15, 0.2) is 21.6 Å². The van der Waals surface area contributed by atoms with Crippen LogP contribution in [0.4, 0.5) is 20.7 Å². The number of carbonyl (C=O) groups excluding carboxylic acids is 1. The van der Waals surface area contributed by atoms with Gasteiger partial charge in [0.25, 0.3) is 0 Å². The molecular weight excluding hydrogens is 518 g/mol. The van der Waals surface area contributed by atoms with Crippen molar-refractivity contribution >= 4 is 48.6 Å². The Morgan fingerprint density at radius 1 is 1.26 bits per heavy atom. The maximum absolute atomic E-state index is 14.5. The highest BCUT2D eigenvalue weighted by molar-refractivity contribution is 7.24. The van der Waals surface area contributed by atoms with Gasteiger partial charge in [-0.05, 0) is 31.9 Å². The molecule has 4 N–H and O–H groups in total. The lowest BCUT2D eigenvalue weighted by atomic mass is 10.0. The molecule has 1 fully saturated rings. The number of halogens is 1. The number of ether oxygens (including phenoxy) is 2. The van der Waals surface area contributed by atoms with Crippen LogP contribution in [0.3, 0.4) is 0 Å². The molecule has 1 aromatic carbocycles. The summed E-state index contributed by atoms with van der Waals surface area (Å²) in [7, 11) is 0.968. The topological polar surface area (TPSA) is 160 Å². The molecule has 0 radical (unpaired) electrons. The van der Waals surface area contributed by atoms with Gasteiger partial charge in [-0.1, -0.05) is 0 Å². The van der Waals surface area contributed by atoms with Crippen LogP contribution in [-0.4, -0.2) is 68.9 Å². The minimum Gasteiger partial charge on any atom is -0.422 e. The first-order chi connectivity index (χ1) is 18.4. The van der Waals surface area contributed by atoms with Gasteiger partial charge in [-0.15, -0.1) is 0 Å². The monoisotopic (exact) mass is 544 g/mol. The zero-order chi connectivity index (χ0) is 26.6. The number of H-pyrrole nitrogens is 1. The van der Waals surface area contributed by atoms with E-state index in [9.17, 15) is 9.18 Å². The quantitative estimate of drug-likeness (QED) is 0.146. The van der Waals surface area contributed by atoms with Crippen LogP contribution in [0, 0.1) is 12.7 Å². The van der Waals surface area contributed by atoms with Crippen molar-refractivity contribution in [1.29, 1.82) is 0 Å². The summed E-state index contributed by atoms with van der Waals surface area (Å²) in [6.45, 7) is 2.56. The molecule has 0 spiro atoms. The van der Waals surface area contributed by atoms with Crippen molar-refractivity contribution in [3.63, 3.8) is 0 Å². The van der Waals surface area contributed by atoms with E-state index in [1.54, 1.807) is 14.0 Å². The van der Waals surface area contributed by atoms with E-state index in [4.69, 9.17) is 19.4 Å². The number of aromatic nitrogens is 5. The van der Waals surface area contributed by atoms with Crippen LogP contribution in [0.1, 0.15) is 18.7 Å². The Morgan fingerprint density at radius 2 is 2.03 bits per heavy atom. The molecule has 0 bridgehead atoms. The molecule has 1 saturated heterocycles. The van der Waals surface area contributed by atoms with Crippen molar-refractivity contribution in [3.05, 3.63) is 36.2 Å². The molecule has 15 heteroatoms. The van der Waals surface area contributed by atoms with Gasteiger partial charge in [-0.3, -0.25) is 4.52 Å². The van der Waals surface area contributed by atoms with Crippen LogP contribution in [-0.2, 0) is 9.26 Å². The van der Waals surface area contributed by atoms with E-state index in [0.29, 0.717) is 70.9 Å². The molecule has 0 aliphatic carbocycles. The van der Waals surface area contributed by atoms with Crippen LogP contribution >= 0.6 is 9.03 Å². The number of rotatable bonds is 8. The minimum absolute atomic E-state index is 0.0893. The van der Waals surface area contributed by atoms with Crippen molar-refractivity contribution in [2.24, 2.45) is 0 Å². The first-order valence-corrected chi connectivity index (χ1v) is 12.7. The van der Waals surface area contributed by atoms with Crippen LogP contribution < -0.4 is 20.3 Å². The van der Waals surface area contributed by atoms with Crippen molar-refractivity contribution < 1.29 is 28.1 Å². The van der Waals surface area contributed by atoms with Crippen molar-refractivity contribution in [3.8, 4) is 11.8 Å². The standard InChI is InChI=1S/C23H26FN8O5P/c1-12-26-9-15(10-27-12)37-22-30-20-18(16-7-13(24)8-17(25-2)19(16)29-20)21(31-22)32-5-3-14(4-6-32)28-23(33)35-11-36-38-34/h7-10,14,25,34,38H,3-6,11H2,1-2H3,(H,28,33)(H,29,30,31). The number of hydrogen-bond donors (Lipinski definition) is 4. The highest BCUT2D eigenvalue weighted by atomic mass is 31.1. The van der Waals surface area contributed by atoms with Gasteiger partial charge in [0.2, 0.25) is 0 Å². The number of hydrogen-bond acceptors (Lipinski definition) is 11. The third-order valence-corrected chi connectivity index (χ3v) is 6.40. The summed E-state index contributed by atoms with van der Waals surface area (Å²) < 4.78 is 29.9. The van der Waals surface area contributed by atoms with E-state index < -0.39 is 20.9 Å². The summed E-state index contributed by atoms with van der Waals surface area (Å²) in [4.78, 5) is 43.5. The summed E-state index contributed by atoms with van der Waals surface area (Å²) >= 11 is 0. The molecule has 5 rings (SSSR count). The van der Waals surface area contributed by atoms with E-state index in [1.807, 2.05) is 0 Å². The number of carbonyl (C=O) groups is 1. The molecule has 1 amide bonds. The Balaban J connectivity index is 1.46. The van der Waals surface area contributed by atoms with E-state index in [-0.39, 0.29) is 18.8 Å². The van der Waals surface area contributed by atoms with Crippen molar-refractivity contribution in [1.82, 2.24) is 30.2 Å². The Bertz CT molecular complexity index is 1450. The molecule has 1 atom stereocenters. The second-order valence-corrected chi connectivity index (χ2v) is 9.03. The maximum atomic E-state index is 14.5. The Morgan fingerprint density at radius 3 is 2.74 bits per heavy atom. The summed E-state index contributed by atoms with van der Waals surface area (Å²) in [5.74, 6) is 1.17. The van der Waals surface area contributed by atoms with E-state index >= 15 is 0 Å². The van der Waals surface area contributed by atoms with E-state index in [2.05, 4.69) is 40.0 Å². The number of aryl methyl sites for hydroxylation is 1. The number of fused-ring (bicyclic) bond motifs is 3. The Kier molecular flexibility index (Phi) is 7.63. The van der Waals surface area contributed by atoms with Gasteiger partial charge in [0.1, 0.15) is 23.1 Å². The average molecular weight is 544 g/mol. The van der Waals surface area contributed by atoms with Crippen LogP contribution in [0.15, 0.2) is 24.5 Å². The predicted octanol–water partition coefficient (Wildman–Crippen LogP) is 3.35. The van der Waals surface area contributed by atoms with Gasteiger partial charge >= 0.3 is 12.1 Å². The third kappa shape index (κ3) is 5.52. The lowest BCUT2D eigenvalue weighted by Gasteiger charge is -2.33. The van der Waals surface area contributed by atoms with Gasteiger partial charge < -0.3 is 34.9 Å². The number of amides is 1. The smallest absolute Gasteiger partial charge is 0.409 e. The third-order valence-electron chi connectivity index (χ3n) is 6.15. The molecule has 38 heavy (non-hydrogen) atoms. The van der Waals surface area contributed by atoms with Crippen LogP contribution in [0.2, 0.25) is 0 Å². The summed E-state index contributed by atoms with van der Waals surface area (Å²) in [5, 5.41) is 7.12. The Labute approximate surface area is 218 Å². The van der Waals surface area contributed by atoms with Gasteiger partial charge in [0, 0.05) is 31.6 Å². The lowest BCUT2D eigenvalue weighted by Crippen LogP contribution is -2.45. The number of aromatic amines is 1. The fourth-order valence-corrected chi connectivity index (χ4v) is 4.50. The molecule has 200 valence electrons. The second-order valence-electron chi connectivity index (χ2n) is 8.56. The molecule has 4 aromatic rings. The SMILES string of the molecule is CNc1cc(F)cc2c1[nH]c1nc(Oc3cnc(C)nc3)nc(N3CCC(NC(=O)OCOPO)CC3)c12. The maximum Gasteiger partial charge on any atom is 0.409 e. The van der Waals surface area contributed by atoms with Gasteiger partial charge in [-0.2, -0.15) is 9.97 Å². The van der Waals surface area contributed by atoms with E-state index in [0.717, 1.165) is 0 Å². The number of nitrogens with zero attached hydrogens (tertiary/aromatic N) is 5. The fraction of sp³-hybridized carbons (Fsp3) is 0.348. The molecule has 3 aromatic heterocycles.